The highest BCUT2D eigenvalue weighted by Gasteiger charge is 2.27. The molecule has 0 bridgehead atoms. The van der Waals surface area contributed by atoms with Crippen LogP contribution >= 0.6 is 12.4 Å². The number of nitrogens with one attached hydrogen (secondary N) is 1. The maximum atomic E-state index is 12.7. The van der Waals surface area contributed by atoms with Gasteiger partial charge in [0.25, 0.3) is 5.91 Å². The van der Waals surface area contributed by atoms with Gasteiger partial charge in [-0.1, -0.05) is 18.2 Å². The topological polar surface area (TPSA) is 62.6 Å². The van der Waals surface area contributed by atoms with Gasteiger partial charge in [0.15, 0.2) is 0 Å². The molecule has 6 heteroatoms. The smallest absolute Gasteiger partial charge is 0.349 e. The van der Waals surface area contributed by atoms with Crippen molar-refractivity contribution >= 4 is 29.3 Å². The van der Waals surface area contributed by atoms with E-state index in [-0.39, 0.29) is 23.9 Å². The van der Waals surface area contributed by atoms with Crippen LogP contribution in [0.2, 0.25) is 0 Å². The molecule has 1 aromatic heterocycles. The van der Waals surface area contributed by atoms with E-state index in [0.29, 0.717) is 24.7 Å². The fourth-order valence-electron chi connectivity index (χ4n) is 3.32. The van der Waals surface area contributed by atoms with Crippen LogP contribution < -0.4 is 10.9 Å². The van der Waals surface area contributed by atoms with Gasteiger partial charge in [-0.05, 0) is 50.3 Å². The molecule has 1 N–H and O–H groups in total. The second kappa shape index (κ2) is 7.58. The number of para-hydroxylation sites is 1. The lowest BCUT2D eigenvalue weighted by atomic mass is 10.0. The molecule has 2 fully saturated rings. The first-order valence-corrected chi connectivity index (χ1v) is 8.76. The van der Waals surface area contributed by atoms with E-state index >= 15 is 0 Å². The minimum Gasteiger partial charge on any atom is -0.422 e. The second-order valence-electron chi connectivity index (χ2n) is 6.90. The molecule has 2 aromatic rings. The van der Waals surface area contributed by atoms with Gasteiger partial charge in [0, 0.05) is 24.5 Å². The summed E-state index contributed by atoms with van der Waals surface area (Å²) in [4.78, 5) is 26.6. The van der Waals surface area contributed by atoms with Crippen LogP contribution in [0.1, 0.15) is 36.0 Å². The summed E-state index contributed by atoms with van der Waals surface area (Å²) in [6.45, 7) is 2.48. The first kappa shape index (κ1) is 18.0. The van der Waals surface area contributed by atoms with Crippen LogP contribution in [-0.4, -0.2) is 36.5 Å². The van der Waals surface area contributed by atoms with Crippen molar-refractivity contribution < 1.29 is 9.21 Å². The van der Waals surface area contributed by atoms with Crippen LogP contribution in [-0.2, 0) is 0 Å². The molecular formula is C19H23ClN2O3. The number of amides is 1. The zero-order valence-electron chi connectivity index (χ0n) is 14.1. The van der Waals surface area contributed by atoms with Gasteiger partial charge in [-0.2, -0.15) is 0 Å². The summed E-state index contributed by atoms with van der Waals surface area (Å²) in [6, 6.07) is 9.41. The first-order valence-electron chi connectivity index (χ1n) is 8.76. The number of piperidine rings is 1. The van der Waals surface area contributed by atoms with Gasteiger partial charge in [-0.25, -0.2) is 4.79 Å². The Labute approximate surface area is 152 Å². The summed E-state index contributed by atoms with van der Waals surface area (Å²) < 4.78 is 5.28. The third-order valence-electron chi connectivity index (χ3n) is 5.05. The molecule has 0 spiro atoms. The second-order valence-corrected chi connectivity index (χ2v) is 6.90. The number of rotatable bonds is 4. The van der Waals surface area contributed by atoms with Gasteiger partial charge in [-0.3, -0.25) is 4.79 Å². The minimum absolute atomic E-state index is 0. The summed E-state index contributed by atoms with van der Waals surface area (Å²) in [5.74, 6) is 0.655. The number of halogens is 1. The molecule has 25 heavy (non-hydrogen) atoms. The van der Waals surface area contributed by atoms with Crippen molar-refractivity contribution in [2.24, 2.45) is 5.92 Å². The highest BCUT2D eigenvalue weighted by atomic mass is 35.5. The Bertz CT molecular complexity index is 808. The normalized spacial score (nSPS) is 18.2. The molecule has 4 rings (SSSR count). The molecule has 1 amide bonds. The number of carbonyl (C=O) groups excluding carboxylic acids is 1. The van der Waals surface area contributed by atoms with E-state index in [0.717, 1.165) is 30.7 Å². The molecule has 1 aromatic carbocycles. The van der Waals surface area contributed by atoms with E-state index < -0.39 is 5.63 Å². The molecule has 2 heterocycles. The summed E-state index contributed by atoms with van der Waals surface area (Å²) >= 11 is 0. The highest BCUT2D eigenvalue weighted by molar-refractivity contribution is 5.96. The van der Waals surface area contributed by atoms with Crippen LogP contribution in [0.4, 0.5) is 0 Å². The van der Waals surface area contributed by atoms with Crippen LogP contribution in [0.3, 0.4) is 0 Å². The van der Waals surface area contributed by atoms with Crippen molar-refractivity contribution in [3.8, 4) is 0 Å². The van der Waals surface area contributed by atoms with Gasteiger partial charge in [0.1, 0.15) is 11.1 Å². The molecule has 134 valence electrons. The predicted octanol–water partition coefficient (Wildman–Crippen LogP) is 2.82. The zero-order valence-corrected chi connectivity index (χ0v) is 14.9. The largest absolute Gasteiger partial charge is 0.422 e. The number of carbonyl (C=O) groups is 1. The monoisotopic (exact) mass is 362 g/mol. The number of fused-ring (bicyclic) bond motifs is 1. The lowest BCUT2D eigenvalue weighted by molar-refractivity contribution is 0.0701. The van der Waals surface area contributed by atoms with Crippen molar-refractivity contribution in [1.29, 1.82) is 0 Å². The SMILES string of the molecule is Cl.O=C(c1cc2ccccc2oc1=O)N1CCC(NCC2CC2)CC1. The van der Waals surface area contributed by atoms with Crippen molar-refractivity contribution in [2.45, 2.75) is 31.7 Å². The fraction of sp³-hybridized carbons (Fsp3) is 0.474. The average Bonchev–Trinajstić information content (AvgIpc) is 3.44. The number of hydrogen-bond acceptors (Lipinski definition) is 4. The third kappa shape index (κ3) is 4.05. The van der Waals surface area contributed by atoms with Gasteiger partial charge < -0.3 is 14.6 Å². The molecular weight excluding hydrogens is 340 g/mol. The number of nitrogens with zero attached hydrogens (tertiary/aromatic N) is 1. The van der Waals surface area contributed by atoms with Crippen molar-refractivity contribution in [3.63, 3.8) is 0 Å². The maximum Gasteiger partial charge on any atom is 0.349 e. The average molecular weight is 363 g/mol. The summed E-state index contributed by atoms with van der Waals surface area (Å²) in [5.41, 5.74) is 0.104. The van der Waals surface area contributed by atoms with E-state index in [1.807, 2.05) is 18.2 Å². The van der Waals surface area contributed by atoms with Crippen LogP contribution in [0, 0.1) is 5.92 Å². The van der Waals surface area contributed by atoms with E-state index in [9.17, 15) is 9.59 Å². The van der Waals surface area contributed by atoms with E-state index in [4.69, 9.17) is 4.42 Å². The van der Waals surface area contributed by atoms with Crippen molar-refractivity contribution in [1.82, 2.24) is 10.2 Å². The quantitative estimate of drug-likeness (QED) is 0.849. The molecule has 0 unspecified atom stereocenters. The van der Waals surface area contributed by atoms with Gasteiger partial charge in [-0.15, -0.1) is 12.4 Å². The van der Waals surface area contributed by atoms with E-state index in [1.54, 1.807) is 17.0 Å². The fourth-order valence-corrected chi connectivity index (χ4v) is 3.32. The van der Waals surface area contributed by atoms with Gasteiger partial charge in [0.05, 0.1) is 0 Å². The Hall–Kier alpha value is -1.85. The predicted molar refractivity (Wildman–Crippen MR) is 99.4 cm³/mol. The molecule has 1 aliphatic heterocycles. The minimum atomic E-state index is -0.548. The number of likely N-dealkylation sites (tertiary alicyclic amines) is 1. The zero-order chi connectivity index (χ0) is 16.5. The summed E-state index contributed by atoms with van der Waals surface area (Å²) in [7, 11) is 0. The summed E-state index contributed by atoms with van der Waals surface area (Å²) in [6.07, 6.45) is 4.58. The Kier molecular flexibility index (Phi) is 5.45. The molecule has 1 aliphatic carbocycles. The Morgan fingerprint density at radius 3 is 2.60 bits per heavy atom. The lowest BCUT2D eigenvalue weighted by Gasteiger charge is -2.32. The molecule has 2 aliphatic rings. The molecule has 0 radical (unpaired) electrons. The van der Waals surface area contributed by atoms with Gasteiger partial charge >= 0.3 is 5.63 Å². The third-order valence-corrected chi connectivity index (χ3v) is 5.05. The standard InChI is InChI=1S/C19H22N2O3.ClH/c22-18(16-11-14-3-1-2-4-17(14)24-19(16)23)21-9-7-15(8-10-21)20-12-13-5-6-13;/h1-4,11,13,15,20H,5-10,12H2;1H. The van der Waals surface area contributed by atoms with E-state index in [1.165, 1.54) is 12.8 Å². The lowest BCUT2D eigenvalue weighted by Crippen LogP contribution is -2.46. The molecule has 1 saturated carbocycles. The first-order chi connectivity index (χ1) is 11.7. The highest BCUT2D eigenvalue weighted by Crippen LogP contribution is 2.28. The maximum absolute atomic E-state index is 12.7. The summed E-state index contributed by atoms with van der Waals surface area (Å²) in [5, 5.41) is 4.38. The van der Waals surface area contributed by atoms with Crippen molar-refractivity contribution in [2.75, 3.05) is 19.6 Å². The molecule has 1 saturated heterocycles. The van der Waals surface area contributed by atoms with Crippen LogP contribution in [0.15, 0.2) is 39.5 Å². The number of hydrogen-bond donors (Lipinski definition) is 1. The Morgan fingerprint density at radius 1 is 1.16 bits per heavy atom. The van der Waals surface area contributed by atoms with Crippen LogP contribution in [0.5, 0.6) is 0 Å². The molecule has 0 atom stereocenters. The van der Waals surface area contributed by atoms with E-state index in [2.05, 4.69) is 5.32 Å². The Balaban J connectivity index is 0.00000182. The van der Waals surface area contributed by atoms with Crippen LogP contribution in [0.25, 0.3) is 11.0 Å². The Morgan fingerprint density at radius 2 is 1.88 bits per heavy atom. The van der Waals surface area contributed by atoms with Crippen molar-refractivity contribution in [3.05, 3.63) is 46.3 Å². The number of benzene rings is 1. The molecule has 5 nitrogen and oxygen atoms in total. The van der Waals surface area contributed by atoms with Gasteiger partial charge in [0.2, 0.25) is 0 Å².